The molecule has 1 aromatic rings. The van der Waals surface area contributed by atoms with E-state index in [9.17, 15) is 0 Å². The third-order valence-electron chi connectivity index (χ3n) is 3.69. The van der Waals surface area contributed by atoms with Crippen molar-refractivity contribution in [1.29, 1.82) is 0 Å². The molecule has 1 aromatic carbocycles. The van der Waals surface area contributed by atoms with E-state index in [1.807, 2.05) is 0 Å². The molecule has 104 valence electrons. The normalized spacial score (nSPS) is 15.9. The van der Waals surface area contributed by atoms with Gasteiger partial charge < -0.3 is 0 Å². The molecule has 0 spiro atoms. The minimum atomic E-state index is 0.581. The van der Waals surface area contributed by atoms with E-state index in [1.165, 1.54) is 43.5 Å². The summed E-state index contributed by atoms with van der Waals surface area (Å²) in [5.74, 6) is 1.80. The standard InChI is InChI=1S/C16H23BrN2/c1-3-5-9-13(8-4-2)16-18-15-11-7-6-10-14(15)12-19(16)17/h6-7,10-11,13H,3-5,8-9,12H2,1-2H3. The highest BCUT2D eigenvalue weighted by Crippen LogP contribution is 2.32. The van der Waals surface area contributed by atoms with Gasteiger partial charge in [-0.25, -0.2) is 4.99 Å². The first-order valence-electron chi connectivity index (χ1n) is 7.36. The van der Waals surface area contributed by atoms with E-state index >= 15 is 0 Å². The highest BCUT2D eigenvalue weighted by molar-refractivity contribution is 9.07. The summed E-state index contributed by atoms with van der Waals surface area (Å²) in [6, 6.07) is 8.44. The highest BCUT2D eigenvalue weighted by atomic mass is 79.9. The molecule has 1 unspecified atom stereocenters. The van der Waals surface area contributed by atoms with Gasteiger partial charge in [0.05, 0.1) is 28.4 Å². The van der Waals surface area contributed by atoms with Crippen molar-refractivity contribution in [2.75, 3.05) is 0 Å². The first kappa shape index (κ1) is 14.6. The molecule has 0 aliphatic carbocycles. The molecule has 0 amide bonds. The highest BCUT2D eigenvalue weighted by Gasteiger charge is 2.24. The maximum Gasteiger partial charge on any atom is 0.118 e. The lowest BCUT2D eigenvalue weighted by atomic mass is 9.94. The van der Waals surface area contributed by atoms with Crippen LogP contribution in [0.3, 0.4) is 0 Å². The molecule has 2 rings (SSSR count). The number of benzene rings is 1. The Morgan fingerprint density at radius 1 is 1.21 bits per heavy atom. The molecule has 0 radical (unpaired) electrons. The number of aliphatic imine (C=N–C) groups is 1. The van der Waals surface area contributed by atoms with Crippen molar-refractivity contribution in [2.45, 2.75) is 52.5 Å². The van der Waals surface area contributed by atoms with Gasteiger partial charge in [0.25, 0.3) is 0 Å². The van der Waals surface area contributed by atoms with Crippen LogP contribution in [0.15, 0.2) is 29.3 Å². The molecule has 1 atom stereocenters. The Balaban J connectivity index is 2.23. The average molecular weight is 323 g/mol. The lowest BCUT2D eigenvalue weighted by Crippen LogP contribution is -2.30. The van der Waals surface area contributed by atoms with E-state index < -0.39 is 0 Å². The topological polar surface area (TPSA) is 15.6 Å². The van der Waals surface area contributed by atoms with Gasteiger partial charge in [-0.1, -0.05) is 51.3 Å². The van der Waals surface area contributed by atoms with Crippen molar-refractivity contribution in [2.24, 2.45) is 10.9 Å². The number of halogens is 1. The van der Waals surface area contributed by atoms with Gasteiger partial charge in [-0.2, -0.15) is 0 Å². The summed E-state index contributed by atoms with van der Waals surface area (Å²) in [5.41, 5.74) is 2.44. The lowest BCUT2D eigenvalue weighted by molar-refractivity contribution is 0.495. The molecule has 0 saturated carbocycles. The van der Waals surface area contributed by atoms with Crippen LogP contribution < -0.4 is 0 Å². The monoisotopic (exact) mass is 322 g/mol. The molecular weight excluding hydrogens is 300 g/mol. The molecule has 1 aliphatic heterocycles. The van der Waals surface area contributed by atoms with E-state index in [-0.39, 0.29) is 0 Å². The van der Waals surface area contributed by atoms with Gasteiger partial charge in [0.15, 0.2) is 0 Å². The Morgan fingerprint density at radius 2 is 2.00 bits per heavy atom. The van der Waals surface area contributed by atoms with Crippen LogP contribution in [0, 0.1) is 5.92 Å². The van der Waals surface area contributed by atoms with Crippen molar-refractivity contribution in [1.82, 2.24) is 3.93 Å². The van der Waals surface area contributed by atoms with E-state index in [2.05, 4.69) is 58.2 Å². The molecule has 0 saturated heterocycles. The average Bonchev–Trinajstić information content (AvgIpc) is 2.43. The Kier molecular flexibility index (Phi) is 5.44. The van der Waals surface area contributed by atoms with Crippen LogP contribution in [0.2, 0.25) is 0 Å². The van der Waals surface area contributed by atoms with Gasteiger partial charge in [-0.05, 0) is 24.5 Å². The number of nitrogens with zero attached hydrogens (tertiary/aromatic N) is 2. The Labute approximate surface area is 125 Å². The van der Waals surface area contributed by atoms with Gasteiger partial charge in [0.1, 0.15) is 5.84 Å². The lowest BCUT2D eigenvalue weighted by Gasteiger charge is -2.30. The number of hydrogen-bond donors (Lipinski definition) is 0. The van der Waals surface area contributed by atoms with Gasteiger partial charge in [0, 0.05) is 5.92 Å². The molecule has 1 aliphatic rings. The molecule has 0 N–H and O–H groups in total. The zero-order chi connectivity index (χ0) is 13.7. The number of hydrogen-bond acceptors (Lipinski definition) is 2. The van der Waals surface area contributed by atoms with Crippen molar-refractivity contribution < 1.29 is 0 Å². The first-order valence-corrected chi connectivity index (χ1v) is 8.07. The Morgan fingerprint density at radius 3 is 2.74 bits per heavy atom. The fourth-order valence-corrected chi connectivity index (χ4v) is 3.29. The van der Waals surface area contributed by atoms with Crippen LogP contribution in [0.5, 0.6) is 0 Å². The van der Waals surface area contributed by atoms with Crippen LogP contribution in [0.25, 0.3) is 0 Å². The molecule has 2 nitrogen and oxygen atoms in total. The maximum absolute atomic E-state index is 4.89. The predicted molar refractivity (Wildman–Crippen MR) is 85.9 cm³/mol. The van der Waals surface area contributed by atoms with Crippen molar-refractivity contribution in [3.8, 4) is 0 Å². The third kappa shape index (κ3) is 3.59. The molecule has 0 fully saturated rings. The predicted octanol–water partition coefficient (Wildman–Crippen LogP) is 5.45. The molecular formula is C16H23BrN2. The molecule has 3 heteroatoms. The molecule has 0 aromatic heterocycles. The van der Waals surface area contributed by atoms with E-state index in [0.717, 1.165) is 12.2 Å². The van der Waals surface area contributed by atoms with E-state index in [1.54, 1.807) is 0 Å². The summed E-state index contributed by atoms with van der Waals surface area (Å²) in [7, 11) is 0. The number of fused-ring (bicyclic) bond motifs is 1. The number of unbranched alkanes of at least 4 members (excludes halogenated alkanes) is 1. The number of amidine groups is 1. The fourth-order valence-electron chi connectivity index (χ4n) is 2.65. The van der Waals surface area contributed by atoms with Crippen LogP contribution in [-0.4, -0.2) is 9.76 Å². The summed E-state index contributed by atoms with van der Waals surface area (Å²) in [5, 5.41) is 0. The smallest absolute Gasteiger partial charge is 0.118 e. The molecule has 0 bridgehead atoms. The zero-order valence-electron chi connectivity index (χ0n) is 11.9. The second-order valence-corrected chi connectivity index (χ2v) is 6.10. The summed E-state index contributed by atoms with van der Waals surface area (Å²) < 4.78 is 2.16. The summed E-state index contributed by atoms with van der Waals surface area (Å²) in [6.07, 6.45) is 6.23. The Hall–Kier alpha value is -0.830. The quantitative estimate of drug-likeness (QED) is 0.636. The summed E-state index contributed by atoms with van der Waals surface area (Å²) in [6.45, 7) is 5.43. The number of rotatable bonds is 6. The van der Waals surface area contributed by atoms with Crippen LogP contribution in [-0.2, 0) is 6.54 Å². The van der Waals surface area contributed by atoms with Crippen molar-refractivity contribution in [3.05, 3.63) is 29.8 Å². The van der Waals surface area contributed by atoms with Crippen LogP contribution in [0.1, 0.15) is 51.5 Å². The maximum atomic E-state index is 4.89. The van der Waals surface area contributed by atoms with Crippen molar-refractivity contribution in [3.63, 3.8) is 0 Å². The first-order chi connectivity index (χ1) is 9.26. The zero-order valence-corrected chi connectivity index (χ0v) is 13.5. The van der Waals surface area contributed by atoms with E-state index in [4.69, 9.17) is 4.99 Å². The summed E-state index contributed by atoms with van der Waals surface area (Å²) in [4.78, 5) is 4.89. The molecule has 1 heterocycles. The van der Waals surface area contributed by atoms with E-state index in [0.29, 0.717) is 5.92 Å². The van der Waals surface area contributed by atoms with Crippen LogP contribution >= 0.6 is 16.1 Å². The molecule has 19 heavy (non-hydrogen) atoms. The second-order valence-electron chi connectivity index (χ2n) is 5.25. The van der Waals surface area contributed by atoms with Crippen LogP contribution in [0.4, 0.5) is 5.69 Å². The van der Waals surface area contributed by atoms with Gasteiger partial charge in [-0.15, -0.1) is 0 Å². The van der Waals surface area contributed by atoms with Gasteiger partial charge >= 0.3 is 0 Å². The summed E-state index contributed by atoms with van der Waals surface area (Å²) >= 11 is 3.69. The van der Waals surface area contributed by atoms with Gasteiger partial charge in [-0.3, -0.25) is 3.93 Å². The Bertz CT molecular complexity index is 442. The number of para-hydroxylation sites is 1. The van der Waals surface area contributed by atoms with Crippen molar-refractivity contribution >= 4 is 27.7 Å². The minimum Gasteiger partial charge on any atom is -0.292 e. The SMILES string of the molecule is CCCCC(CCC)C1=Nc2ccccc2CN1Br. The van der Waals surface area contributed by atoms with Gasteiger partial charge in [0.2, 0.25) is 0 Å². The minimum absolute atomic E-state index is 0.581. The third-order valence-corrected chi connectivity index (χ3v) is 4.31. The second kappa shape index (κ2) is 7.09. The fraction of sp³-hybridized carbons (Fsp3) is 0.562. The largest absolute Gasteiger partial charge is 0.292 e.